The third-order valence-corrected chi connectivity index (χ3v) is 4.64. The molecule has 0 radical (unpaired) electrons. The molecule has 0 saturated heterocycles. The van der Waals surface area contributed by atoms with Gasteiger partial charge in [-0.05, 0) is 35.7 Å². The van der Waals surface area contributed by atoms with Gasteiger partial charge in [0, 0.05) is 11.9 Å². The van der Waals surface area contributed by atoms with Gasteiger partial charge < -0.3 is 5.32 Å². The smallest absolute Gasteiger partial charge is 0.228 e. The summed E-state index contributed by atoms with van der Waals surface area (Å²) in [6.07, 6.45) is 1.57. The van der Waals surface area contributed by atoms with E-state index in [1.54, 1.807) is 30.3 Å². The highest BCUT2D eigenvalue weighted by molar-refractivity contribution is 7.90. The number of benzene rings is 2. The van der Waals surface area contributed by atoms with E-state index in [2.05, 4.69) is 5.32 Å². The first-order valence-electron chi connectivity index (χ1n) is 7.17. The number of amides is 1. The highest BCUT2D eigenvalue weighted by Crippen LogP contribution is 2.18. The summed E-state index contributed by atoms with van der Waals surface area (Å²) < 4.78 is 37.2. The standard InChI is InChI=1S/C17H18FNO3S/c1-3-12-8-9-14(11-15(12)18)19-17(20)10-13-6-4-5-7-16(13)23(2,21)22/h4-9,11H,3,10H2,1-2H3,(H,19,20). The normalized spacial score (nSPS) is 11.3. The lowest BCUT2D eigenvalue weighted by Gasteiger charge is -2.09. The molecule has 0 spiro atoms. The van der Waals surface area contributed by atoms with Gasteiger partial charge in [0.2, 0.25) is 5.91 Å². The van der Waals surface area contributed by atoms with Crippen LogP contribution in [0, 0.1) is 5.82 Å². The third-order valence-electron chi connectivity index (χ3n) is 3.44. The van der Waals surface area contributed by atoms with Crippen LogP contribution in [0.3, 0.4) is 0 Å². The third kappa shape index (κ3) is 4.39. The van der Waals surface area contributed by atoms with E-state index in [0.29, 0.717) is 23.2 Å². The first kappa shape index (κ1) is 17.1. The maximum Gasteiger partial charge on any atom is 0.228 e. The van der Waals surface area contributed by atoms with Crippen molar-refractivity contribution in [3.05, 3.63) is 59.4 Å². The van der Waals surface area contributed by atoms with E-state index in [4.69, 9.17) is 0 Å². The van der Waals surface area contributed by atoms with Crippen LogP contribution in [0.5, 0.6) is 0 Å². The van der Waals surface area contributed by atoms with Crippen molar-refractivity contribution in [1.29, 1.82) is 0 Å². The Balaban J connectivity index is 2.16. The Morgan fingerprint density at radius 2 is 1.83 bits per heavy atom. The Labute approximate surface area is 135 Å². The van der Waals surface area contributed by atoms with Crippen LogP contribution < -0.4 is 5.32 Å². The van der Waals surface area contributed by atoms with Crippen LogP contribution in [0.15, 0.2) is 47.4 Å². The summed E-state index contributed by atoms with van der Waals surface area (Å²) in [6, 6.07) is 10.9. The monoisotopic (exact) mass is 335 g/mol. The number of carbonyl (C=O) groups excluding carboxylic acids is 1. The highest BCUT2D eigenvalue weighted by atomic mass is 32.2. The molecule has 2 aromatic carbocycles. The molecule has 0 heterocycles. The molecule has 23 heavy (non-hydrogen) atoms. The Bertz CT molecular complexity index is 831. The van der Waals surface area contributed by atoms with Crippen LogP contribution in [-0.2, 0) is 27.5 Å². The van der Waals surface area contributed by atoms with E-state index >= 15 is 0 Å². The van der Waals surface area contributed by atoms with Crippen LogP contribution in [0.1, 0.15) is 18.1 Å². The number of hydrogen-bond acceptors (Lipinski definition) is 3. The first-order chi connectivity index (χ1) is 10.8. The summed E-state index contributed by atoms with van der Waals surface area (Å²) in [5.41, 5.74) is 1.34. The number of sulfone groups is 1. The second kappa shape index (κ2) is 6.91. The molecule has 0 aliphatic rings. The summed E-state index contributed by atoms with van der Waals surface area (Å²) in [7, 11) is -3.41. The fraction of sp³-hybridized carbons (Fsp3) is 0.235. The maximum atomic E-state index is 13.7. The molecule has 0 aromatic heterocycles. The number of carbonyl (C=O) groups is 1. The van der Waals surface area contributed by atoms with Crippen molar-refractivity contribution < 1.29 is 17.6 Å². The largest absolute Gasteiger partial charge is 0.326 e. The maximum absolute atomic E-state index is 13.7. The molecule has 0 unspecified atom stereocenters. The van der Waals surface area contributed by atoms with E-state index in [9.17, 15) is 17.6 Å². The van der Waals surface area contributed by atoms with E-state index in [1.165, 1.54) is 12.1 Å². The van der Waals surface area contributed by atoms with Crippen molar-refractivity contribution in [2.24, 2.45) is 0 Å². The molecular weight excluding hydrogens is 317 g/mol. The predicted molar refractivity (Wildman–Crippen MR) is 87.7 cm³/mol. The van der Waals surface area contributed by atoms with Crippen molar-refractivity contribution in [2.45, 2.75) is 24.7 Å². The fourth-order valence-corrected chi connectivity index (χ4v) is 3.24. The van der Waals surface area contributed by atoms with Crippen molar-refractivity contribution in [3.63, 3.8) is 0 Å². The molecule has 0 fully saturated rings. The van der Waals surface area contributed by atoms with Gasteiger partial charge >= 0.3 is 0 Å². The summed E-state index contributed by atoms with van der Waals surface area (Å²) in [5, 5.41) is 2.59. The zero-order valence-corrected chi connectivity index (χ0v) is 13.8. The van der Waals surface area contributed by atoms with Crippen molar-refractivity contribution in [3.8, 4) is 0 Å². The van der Waals surface area contributed by atoms with Gasteiger partial charge in [-0.1, -0.05) is 31.2 Å². The summed E-state index contributed by atoms with van der Waals surface area (Å²) in [4.78, 5) is 12.2. The number of hydrogen-bond donors (Lipinski definition) is 1. The average molecular weight is 335 g/mol. The molecule has 122 valence electrons. The molecular formula is C17H18FNO3S. The lowest BCUT2D eigenvalue weighted by atomic mass is 10.1. The van der Waals surface area contributed by atoms with Gasteiger partial charge in [0.25, 0.3) is 0 Å². The molecule has 0 saturated carbocycles. The van der Waals surface area contributed by atoms with Gasteiger partial charge in [0.15, 0.2) is 9.84 Å². The van der Waals surface area contributed by atoms with Crippen LogP contribution in [-0.4, -0.2) is 20.6 Å². The predicted octanol–water partition coefficient (Wildman–Crippen LogP) is 2.97. The number of nitrogens with one attached hydrogen (secondary N) is 1. The minimum atomic E-state index is -3.41. The van der Waals surface area contributed by atoms with Gasteiger partial charge in [-0.2, -0.15) is 0 Å². The zero-order chi connectivity index (χ0) is 17.0. The molecule has 0 aliphatic carbocycles. The van der Waals surface area contributed by atoms with E-state index < -0.39 is 15.7 Å². The topological polar surface area (TPSA) is 63.2 Å². The van der Waals surface area contributed by atoms with Gasteiger partial charge in [-0.25, -0.2) is 12.8 Å². The van der Waals surface area contributed by atoms with Crippen LogP contribution >= 0.6 is 0 Å². The number of halogens is 1. The average Bonchev–Trinajstić information content (AvgIpc) is 2.46. The fourth-order valence-electron chi connectivity index (χ4n) is 2.30. The second-order valence-corrected chi connectivity index (χ2v) is 7.25. The summed E-state index contributed by atoms with van der Waals surface area (Å²) in [6.45, 7) is 1.85. The number of aryl methyl sites for hydroxylation is 1. The lowest BCUT2D eigenvalue weighted by Crippen LogP contribution is -2.16. The van der Waals surface area contributed by atoms with Crippen molar-refractivity contribution in [1.82, 2.24) is 0 Å². The Morgan fingerprint density at radius 3 is 2.43 bits per heavy atom. The number of rotatable bonds is 5. The second-order valence-electron chi connectivity index (χ2n) is 5.26. The molecule has 0 aliphatic heterocycles. The Morgan fingerprint density at radius 1 is 1.13 bits per heavy atom. The zero-order valence-electron chi connectivity index (χ0n) is 13.0. The quantitative estimate of drug-likeness (QED) is 0.914. The van der Waals surface area contributed by atoms with Crippen LogP contribution in [0.2, 0.25) is 0 Å². The Kier molecular flexibility index (Phi) is 5.15. The van der Waals surface area contributed by atoms with E-state index in [1.807, 2.05) is 6.92 Å². The molecule has 6 heteroatoms. The lowest BCUT2D eigenvalue weighted by molar-refractivity contribution is -0.115. The molecule has 0 bridgehead atoms. The summed E-state index contributed by atoms with van der Waals surface area (Å²) >= 11 is 0. The van der Waals surface area contributed by atoms with Gasteiger partial charge in [-0.15, -0.1) is 0 Å². The first-order valence-corrected chi connectivity index (χ1v) is 9.06. The summed E-state index contributed by atoms with van der Waals surface area (Å²) in [5.74, 6) is -0.772. The van der Waals surface area contributed by atoms with Gasteiger partial charge in [0.1, 0.15) is 5.82 Å². The SMILES string of the molecule is CCc1ccc(NC(=O)Cc2ccccc2S(C)(=O)=O)cc1F. The molecule has 1 N–H and O–H groups in total. The molecule has 4 nitrogen and oxygen atoms in total. The van der Waals surface area contributed by atoms with Crippen LogP contribution in [0.4, 0.5) is 10.1 Å². The van der Waals surface area contributed by atoms with Crippen molar-refractivity contribution >= 4 is 21.4 Å². The molecule has 2 rings (SSSR count). The molecule has 0 atom stereocenters. The Hall–Kier alpha value is -2.21. The molecule has 2 aromatic rings. The minimum absolute atomic E-state index is 0.0968. The van der Waals surface area contributed by atoms with Crippen LogP contribution in [0.25, 0.3) is 0 Å². The van der Waals surface area contributed by atoms with Gasteiger partial charge in [0.05, 0.1) is 11.3 Å². The minimum Gasteiger partial charge on any atom is -0.326 e. The number of anilines is 1. The molecule has 1 amide bonds. The highest BCUT2D eigenvalue weighted by Gasteiger charge is 2.15. The van der Waals surface area contributed by atoms with E-state index in [-0.39, 0.29) is 17.1 Å². The van der Waals surface area contributed by atoms with Gasteiger partial charge in [-0.3, -0.25) is 4.79 Å². The van der Waals surface area contributed by atoms with Crippen molar-refractivity contribution in [2.75, 3.05) is 11.6 Å². The van der Waals surface area contributed by atoms with E-state index in [0.717, 1.165) is 6.26 Å².